The molecule has 1 N–H and O–H groups in total. The van der Waals surface area contributed by atoms with E-state index in [4.69, 9.17) is 0 Å². The van der Waals surface area contributed by atoms with Crippen molar-refractivity contribution in [3.8, 4) is 0 Å². The molecule has 0 heterocycles. The SMILES string of the molecule is Cc1ccc(C)c(NCCC(=O)N(C)C)c1. The van der Waals surface area contributed by atoms with Gasteiger partial charge in [0.25, 0.3) is 0 Å². The van der Waals surface area contributed by atoms with E-state index in [1.165, 1.54) is 11.1 Å². The van der Waals surface area contributed by atoms with E-state index in [0.717, 1.165) is 5.69 Å². The predicted octanol–water partition coefficient (Wildman–Crippen LogP) is 2.19. The minimum Gasteiger partial charge on any atom is -0.384 e. The first-order chi connectivity index (χ1) is 7.50. The molecule has 1 rings (SSSR count). The Morgan fingerprint density at radius 3 is 2.62 bits per heavy atom. The number of benzene rings is 1. The van der Waals surface area contributed by atoms with Gasteiger partial charge in [0.15, 0.2) is 0 Å². The van der Waals surface area contributed by atoms with Gasteiger partial charge in [-0.05, 0) is 31.0 Å². The van der Waals surface area contributed by atoms with Crippen molar-refractivity contribution in [1.29, 1.82) is 0 Å². The van der Waals surface area contributed by atoms with Crippen LogP contribution in [0.15, 0.2) is 18.2 Å². The largest absolute Gasteiger partial charge is 0.384 e. The number of carbonyl (C=O) groups excluding carboxylic acids is 1. The van der Waals surface area contributed by atoms with Gasteiger partial charge < -0.3 is 10.2 Å². The summed E-state index contributed by atoms with van der Waals surface area (Å²) in [4.78, 5) is 13.0. The number of amides is 1. The lowest BCUT2D eigenvalue weighted by Gasteiger charge is -2.12. The summed E-state index contributed by atoms with van der Waals surface area (Å²) in [7, 11) is 3.56. The fourth-order valence-electron chi connectivity index (χ4n) is 1.45. The summed E-state index contributed by atoms with van der Waals surface area (Å²) in [6.45, 7) is 4.81. The van der Waals surface area contributed by atoms with Crippen molar-refractivity contribution in [2.45, 2.75) is 20.3 Å². The number of nitrogens with zero attached hydrogens (tertiary/aromatic N) is 1. The Bertz CT molecular complexity index is 372. The predicted molar refractivity (Wildman–Crippen MR) is 67.7 cm³/mol. The summed E-state index contributed by atoms with van der Waals surface area (Å²) in [6, 6.07) is 6.28. The van der Waals surface area contributed by atoms with Crippen LogP contribution in [-0.2, 0) is 4.79 Å². The van der Waals surface area contributed by atoms with E-state index in [9.17, 15) is 4.79 Å². The number of nitrogens with one attached hydrogen (secondary N) is 1. The fourth-order valence-corrected chi connectivity index (χ4v) is 1.45. The molecule has 0 unspecified atom stereocenters. The lowest BCUT2D eigenvalue weighted by Crippen LogP contribution is -2.24. The van der Waals surface area contributed by atoms with Gasteiger partial charge in [-0.25, -0.2) is 0 Å². The van der Waals surface area contributed by atoms with Crippen LogP contribution in [0.5, 0.6) is 0 Å². The van der Waals surface area contributed by atoms with Crippen molar-refractivity contribution >= 4 is 11.6 Å². The molecule has 0 bridgehead atoms. The summed E-state index contributed by atoms with van der Waals surface area (Å²) in [5.41, 5.74) is 3.56. The minimum atomic E-state index is 0.151. The van der Waals surface area contributed by atoms with E-state index >= 15 is 0 Å². The lowest BCUT2D eigenvalue weighted by molar-refractivity contribution is -0.128. The van der Waals surface area contributed by atoms with E-state index in [-0.39, 0.29) is 5.91 Å². The van der Waals surface area contributed by atoms with Crippen molar-refractivity contribution in [3.63, 3.8) is 0 Å². The van der Waals surface area contributed by atoms with Crippen LogP contribution >= 0.6 is 0 Å². The summed E-state index contributed by atoms with van der Waals surface area (Å²) >= 11 is 0. The zero-order valence-electron chi connectivity index (χ0n) is 10.5. The third-order valence-corrected chi connectivity index (χ3v) is 2.55. The Hall–Kier alpha value is -1.51. The molecule has 16 heavy (non-hydrogen) atoms. The topological polar surface area (TPSA) is 32.3 Å². The molecule has 0 aliphatic rings. The number of anilines is 1. The van der Waals surface area contributed by atoms with Crippen molar-refractivity contribution < 1.29 is 4.79 Å². The molecule has 0 aliphatic heterocycles. The van der Waals surface area contributed by atoms with Crippen molar-refractivity contribution in [2.24, 2.45) is 0 Å². The van der Waals surface area contributed by atoms with Crippen molar-refractivity contribution in [1.82, 2.24) is 4.90 Å². The molecule has 0 saturated carbocycles. The molecule has 1 amide bonds. The first-order valence-corrected chi connectivity index (χ1v) is 5.52. The van der Waals surface area contributed by atoms with Crippen LogP contribution < -0.4 is 5.32 Å². The van der Waals surface area contributed by atoms with Crippen LogP contribution in [0.1, 0.15) is 17.5 Å². The van der Waals surface area contributed by atoms with Crippen LogP contribution in [0.3, 0.4) is 0 Å². The van der Waals surface area contributed by atoms with Crippen LogP contribution in [0.25, 0.3) is 0 Å². The van der Waals surface area contributed by atoms with Crippen molar-refractivity contribution in [2.75, 3.05) is 26.0 Å². The summed E-state index contributed by atoms with van der Waals surface area (Å²) < 4.78 is 0. The van der Waals surface area contributed by atoms with E-state index in [0.29, 0.717) is 13.0 Å². The van der Waals surface area contributed by atoms with Gasteiger partial charge >= 0.3 is 0 Å². The third kappa shape index (κ3) is 3.57. The second-order valence-electron chi connectivity index (χ2n) is 4.28. The number of aryl methyl sites for hydroxylation is 2. The molecule has 0 aliphatic carbocycles. The van der Waals surface area contributed by atoms with Crippen molar-refractivity contribution in [3.05, 3.63) is 29.3 Å². The lowest BCUT2D eigenvalue weighted by atomic mass is 10.1. The van der Waals surface area contributed by atoms with E-state index in [1.54, 1.807) is 19.0 Å². The summed E-state index contributed by atoms with van der Waals surface area (Å²) in [5, 5.41) is 3.29. The molecule has 1 aromatic rings. The Morgan fingerprint density at radius 2 is 2.00 bits per heavy atom. The molecular weight excluding hydrogens is 200 g/mol. The molecule has 1 aromatic carbocycles. The molecular formula is C13H20N2O. The first kappa shape index (κ1) is 12.6. The highest BCUT2D eigenvalue weighted by atomic mass is 16.2. The van der Waals surface area contributed by atoms with E-state index in [1.807, 2.05) is 0 Å². The Kier molecular flexibility index (Phi) is 4.35. The van der Waals surface area contributed by atoms with Crippen LogP contribution in [-0.4, -0.2) is 31.4 Å². The van der Waals surface area contributed by atoms with Gasteiger partial charge in [-0.15, -0.1) is 0 Å². The summed E-state index contributed by atoms with van der Waals surface area (Å²) in [6.07, 6.45) is 0.528. The molecule has 0 saturated heterocycles. The molecule has 3 heteroatoms. The smallest absolute Gasteiger partial charge is 0.223 e. The van der Waals surface area contributed by atoms with Gasteiger partial charge in [0, 0.05) is 32.7 Å². The maximum Gasteiger partial charge on any atom is 0.223 e. The number of carbonyl (C=O) groups is 1. The van der Waals surface area contributed by atoms with Gasteiger partial charge in [0.1, 0.15) is 0 Å². The van der Waals surface area contributed by atoms with Crippen LogP contribution in [0, 0.1) is 13.8 Å². The number of hydrogen-bond acceptors (Lipinski definition) is 2. The Balaban J connectivity index is 2.49. The van der Waals surface area contributed by atoms with Gasteiger partial charge in [0.05, 0.1) is 0 Å². The summed E-state index contributed by atoms with van der Waals surface area (Å²) in [5.74, 6) is 0.151. The maximum atomic E-state index is 11.4. The molecule has 0 atom stereocenters. The molecule has 0 radical (unpaired) electrons. The monoisotopic (exact) mass is 220 g/mol. The normalized spacial score (nSPS) is 10.0. The van der Waals surface area contributed by atoms with Crippen LogP contribution in [0.4, 0.5) is 5.69 Å². The highest BCUT2D eigenvalue weighted by Gasteiger charge is 2.03. The highest BCUT2D eigenvalue weighted by Crippen LogP contribution is 2.16. The minimum absolute atomic E-state index is 0.151. The third-order valence-electron chi connectivity index (χ3n) is 2.55. The van der Waals surface area contributed by atoms with Gasteiger partial charge in [-0.3, -0.25) is 4.79 Å². The molecule has 0 spiro atoms. The molecule has 0 fully saturated rings. The average molecular weight is 220 g/mol. The van der Waals surface area contributed by atoms with Crippen LogP contribution in [0.2, 0.25) is 0 Å². The molecule has 3 nitrogen and oxygen atoms in total. The van der Waals surface area contributed by atoms with E-state index in [2.05, 4.69) is 37.4 Å². The molecule has 88 valence electrons. The van der Waals surface area contributed by atoms with Gasteiger partial charge in [-0.2, -0.15) is 0 Å². The Labute approximate surface area is 97.5 Å². The quantitative estimate of drug-likeness (QED) is 0.843. The fraction of sp³-hybridized carbons (Fsp3) is 0.462. The number of rotatable bonds is 4. The zero-order chi connectivity index (χ0) is 12.1. The molecule has 0 aromatic heterocycles. The second kappa shape index (κ2) is 5.54. The second-order valence-corrected chi connectivity index (χ2v) is 4.28. The van der Waals surface area contributed by atoms with Gasteiger partial charge in [0.2, 0.25) is 5.91 Å². The Morgan fingerprint density at radius 1 is 1.31 bits per heavy atom. The number of hydrogen-bond donors (Lipinski definition) is 1. The highest BCUT2D eigenvalue weighted by molar-refractivity contribution is 5.76. The maximum absolute atomic E-state index is 11.4. The standard InChI is InChI=1S/C13H20N2O/c1-10-5-6-11(2)12(9-10)14-8-7-13(16)15(3)4/h5-6,9,14H,7-8H2,1-4H3. The zero-order valence-corrected chi connectivity index (χ0v) is 10.5. The van der Waals surface area contributed by atoms with E-state index < -0.39 is 0 Å². The first-order valence-electron chi connectivity index (χ1n) is 5.52. The average Bonchev–Trinajstić information content (AvgIpc) is 2.22. The van der Waals surface area contributed by atoms with Gasteiger partial charge in [-0.1, -0.05) is 12.1 Å².